The molecule has 1 amide bonds. The largest absolute Gasteiger partial charge is 0.399 e. The molecule has 0 aliphatic rings. The fraction of sp³-hybridized carbons (Fsp3) is 0.400. The molecule has 0 aliphatic carbocycles. The highest BCUT2D eigenvalue weighted by molar-refractivity contribution is 5.92. The van der Waals surface area contributed by atoms with Crippen LogP contribution in [0.25, 0.3) is 6.08 Å². The summed E-state index contributed by atoms with van der Waals surface area (Å²) in [6.07, 6.45) is 4.30. The summed E-state index contributed by atoms with van der Waals surface area (Å²) in [6.45, 7) is 6.18. The third-order valence-corrected chi connectivity index (χ3v) is 3.43. The van der Waals surface area contributed by atoms with Crippen molar-refractivity contribution in [1.82, 2.24) is 4.90 Å². The van der Waals surface area contributed by atoms with Gasteiger partial charge < -0.3 is 10.6 Å². The predicted molar refractivity (Wildman–Crippen MR) is 77.0 cm³/mol. The van der Waals surface area contributed by atoms with Crippen molar-refractivity contribution in [1.29, 1.82) is 0 Å². The molecule has 1 aromatic carbocycles. The van der Waals surface area contributed by atoms with Crippen molar-refractivity contribution in [2.45, 2.75) is 32.7 Å². The fourth-order valence-corrected chi connectivity index (χ4v) is 1.48. The maximum Gasteiger partial charge on any atom is 0.246 e. The lowest BCUT2D eigenvalue weighted by Crippen LogP contribution is -2.43. The number of nitrogen functional groups attached to an aromatic ring is 1. The Morgan fingerprint density at radius 2 is 2.11 bits per heavy atom. The summed E-state index contributed by atoms with van der Waals surface area (Å²) in [5.74, 6) is 0.00396. The van der Waals surface area contributed by atoms with Crippen LogP contribution in [0.5, 0.6) is 0 Å². The van der Waals surface area contributed by atoms with Gasteiger partial charge in [-0.05, 0) is 44.0 Å². The van der Waals surface area contributed by atoms with Gasteiger partial charge in [-0.3, -0.25) is 4.79 Å². The number of likely N-dealkylation sites (N-methyl/N-ethyl adjacent to an activating group) is 1. The lowest BCUT2D eigenvalue weighted by atomic mass is 10.00. The summed E-state index contributed by atoms with van der Waals surface area (Å²) in [7, 11) is 1.83. The number of nitrogens with zero attached hydrogens (tertiary/aromatic N) is 1. The van der Waals surface area contributed by atoms with Crippen LogP contribution >= 0.6 is 0 Å². The van der Waals surface area contributed by atoms with Gasteiger partial charge >= 0.3 is 0 Å². The van der Waals surface area contributed by atoms with E-state index in [2.05, 4.69) is 20.8 Å². The second-order valence-electron chi connectivity index (χ2n) is 5.07. The smallest absolute Gasteiger partial charge is 0.246 e. The van der Waals surface area contributed by atoms with Gasteiger partial charge in [0.05, 0.1) is 0 Å². The maximum atomic E-state index is 12.0. The number of hydrogen-bond donors (Lipinski definition) is 1. The second-order valence-corrected chi connectivity index (χ2v) is 5.07. The topological polar surface area (TPSA) is 46.3 Å². The van der Waals surface area contributed by atoms with Gasteiger partial charge in [0.25, 0.3) is 0 Å². The van der Waals surface area contributed by atoms with Gasteiger partial charge in [-0.25, -0.2) is 0 Å². The first-order chi connectivity index (χ1) is 8.36. The fourth-order valence-electron chi connectivity index (χ4n) is 1.48. The molecule has 0 aromatic heterocycles. The Hall–Kier alpha value is -1.77. The van der Waals surface area contributed by atoms with Crippen LogP contribution in [0.3, 0.4) is 0 Å². The van der Waals surface area contributed by atoms with Gasteiger partial charge in [-0.2, -0.15) is 0 Å². The van der Waals surface area contributed by atoms with Crippen LogP contribution < -0.4 is 5.73 Å². The maximum absolute atomic E-state index is 12.0. The third kappa shape index (κ3) is 3.62. The van der Waals surface area contributed by atoms with Gasteiger partial charge in [0.15, 0.2) is 0 Å². The van der Waals surface area contributed by atoms with Gasteiger partial charge in [0, 0.05) is 24.4 Å². The first-order valence-corrected chi connectivity index (χ1v) is 6.18. The number of carbonyl (C=O) groups excluding carboxylic acids is 1. The molecular weight excluding hydrogens is 224 g/mol. The van der Waals surface area contributed by atoms with Crippen LogP contribution in [0.15, 0.2) is 30.3 Å². The van der Waals surface area contributed by atoms with E-state index in [4.69, 9.17) is 5.73 Å². The van der Waals surface area contributed by atoms with Crippen molar-refractivity contribution in [3.05, 3.63) is 35.9 Å². The number of anilines is 1. The molecule has 0 fully saturated rings. The Bertz CT molecular complexity index is 450. The van der Waals surface area contributed by atoms with Crippen LogP contribution in [-0.2, 0) is 4.79 Å². The molecule has 0 atom stereocenters. The zero-order valence-corrected chi connectivity index (χ0v) is 11.6. The molecule has 0 bridgehead atoms. The highest BCUT2D eigenvalue weighted by Crippen LogP contribution is 2.17. The molecule has 98 valence electrons. The third-order valence-electron chi connectivity index (χ3n) is 3.43. The zero-order valence-electron chi connectivity index (χ0n) is 11.6. The number of carbonyl (C=O) groups is 1. The minimum absolute atomic E-state index is 0.00396. The molecule has 0 saturated heterocycles. The minimum Gasteiger partial charge on any atom is -0.399 e. The molecule has 0 heterocycles. The highest BCUT2D eigenvalue weighted by Gasteiger charge is 2.23. The normalized spacial score (nSPS) is 11.8. The summed E-state index contributed by atoms with van der Waals surface area (Å²) < 4.78 is 0. The summed E-state index contributed by atoms with van der Waals surface area (Å²) in [6, 6.07) is 7.46. The molecule has 1 rings (SSSR count). The van der Waals surface area contributed by atoms with Crippen molar-refractivity contribution in [2.24, 2.45) is 0 Å². The van der Waals surface area contributed by atoms with Crippen LogP contribution in [0, 0.1) is 0 Å². The van der Waals surface area contributed by atoms with E-state index in [0.29, 0.717) is 5.69 Å². The first kappa shape index (κ1) is 14.3. The quantitative estimate of drug-likeness (QED) is 0.656. The molecule has 18 heavy (non-hydrogen) atoms. The van der Waals surface area contributed by atoms with E-state index in [9.17, 15) is 4.79 Å². The molecule has 0 spiro atoms. The number of nitrogens with two attached hydrogens (primary N) is 1. The lowest BCUT2D eigenvalue weighted by Gasteiger charge is -2.34. The average Bonchev–Trinajstić information content (AvgIpc) is 2.35. The minimum atomic E-state index is -0.128. The van der Waals surface area contributed by atoms with E-state index in [1.807, 2.05) is 31.3 Å². The molecule has 3 nitrogen and oxygen atoms in total. The van der Waals surface area contributed by atoms with E-state index in [1.54, 1.807) is 17.1 Å². The van der Waals surface area contributed by atoms with Crippen molar-refractivity contribution >= 4 is 17.7 Å². The van der Waals surface area contributed by atoms with Crippen molar-refractivity contribution < 1.29 is 4.79 Å². The van der Waals surface area contributed by atoms with Gasteiger partial charge in [0.2, 0.25) is 5.91 Å². The van der Waals surface area contributed by atoms with Crippen molar-refractivity contribution in [2.75, 3.05) is 12.8 Å². The first-order valence-electron chi connectivity index (χ1n) is 6.18. The van der Waals surface area contributed by atoms with Crippen molar-refractivity contribution in [3.63, 3.8) is 0 Å². The van der Waals surface area contributed by atoms with E-state index >= 15 is 0 Å². The highest BCUT2D eigenvalue weighted by atomic mass is 16.2. The monoisotopic (exact) mass is 246 g/mol. The van der Waals surface area contributed by atoms with Gasteiger partial charge in [0.1, 0.15) is 0 Å². The summed E-state index contributed by atoms with van der Waals surface area (Å²) in [5.41, 5.74) is 7.20. The molecule has 2 N–H and O–H groups in total. The summed E-state index contributed by atoms with van der Waals surface area (Å²) in [4.78, 5) is 13.8. The molecule has 3 heteroatoms. The van der Waals surface area contributed by atoms with E-state index < -0.39 is 0 Å². The van der Waals surface area contributed by atoms with Crippen LogP contribution in [-0.4, -0.2) is 23.4 Å². The van der Waals surface area contributed by atoms with E-state index in [0.717, 1.165) is 12.0 Å². The number of rotatable bonds is 4. The Labute approximate surface area is 109 Å². The number of benzene rings is 1. The van der Waals surface area contributed by atoms with Gasteiger partial charge in [-0.1, -0.05) is 19.1 Å². The molecule has 0 unspecified atom stereocenters. The number of hydrogen-bond acceptors (Lipinski definition) is 2. The standard InChI is InChI=1S/C15H22N2O/c1-5-15(2,3)17(4)14(18)10-9-12-7-6-8-13(16)11-12/h6-11H,5,16H2,1-4H3/b10-9+. The van der Waals surface area contributed by atoms with Crippen molar-refractivity contribution in [3.8, 4) is 0 Å². The molecular formula is C15H22N2O. The van der Waals surface area contributed by atoms with E-state index in [-0.39, 0.29) is 11.4 Å². The molecule has 1 aromatic rings. The molecule has 0 aliphatic heterocycles. The average molecular weight is 246 g/mol. The Kier molecular flexibility index (Phi) is 4.54. The zero-order chi connectivity index (χ0) is 13.8. The second kappa shape index (κ2) is 5.71. The Balaban J connectivity index is 2.76. The summed E-state index contributed by atoms with van der Waals surface area (Å²) in [5, 5.41) is 0. The number of amides is 1. The van der Waals surface area contributed by atoms with Crippen LogP contribution in [0.2, 0.25) is 0 Å². The summed E-state index contributed by atoms with van der Waals surface area (Å²) >= 11 is 0. The molecule has 0 saturated carbocycles. The SMILES string of the molecule is CCC(C)(C)N(C)C(=O)/C=C/c1cccc(N)c1. The Morgan fingerprint density at radius 1 is 1.44 bits per heavy atom. The van der Waals surface area contributed by atoms with Crippen LogP contribution in [0.1, 0.15) is 32.8 Å². The van der Waals surface area contributed by atoms with E-state index in [1.165, 1.54) is 0 Å². The lowest BCUT2D eigenvalue weighted by molar-refractivity contribution is -0.129. The predicted octanol–water partition coefficient (Wildman–Crippen LogP) is 2.93. The van der Waals surface area contributed by atoms with Crippen LogP contribution in [0.4, 0.5) is 5.69 Å². The van der Waals surface area contributed by atoms with Gasteiger partial charge in [-0.15, -0.1) is 0 Å². The Morgan fingerprint density at radius 3 is 2.67 bits per heavy atom. The molecule has 0 radical (unpaired) electrons.